The molecule has 0 radical (unpaired) electrons. The molecule has 2 amide bonds. The standard InChI is InChI=1S/C32H31Cl2N3O4S/c1-23-10-6-9-15-29(23)37(42(40,41)27-18-16-26(33)17-19-27)22-31(38)36(21-25-13-7-8-14-28(25)34)30(32(39)35-2)20-24-11-4-3-5-12-24/h3-19,30H,20-22H2,1-2H3,(H,35,39). The van der Waals surface area contributed by atoms with Gasteiger partial charge >= 0.3 is 0 Å². The molecule has 0 aliphatic heterocycles. The number of halogens is 2. The van der Waals surface area contributed by atoms with Crippen LogP contribution in [-0.2, 0) is 32.6 Å². The molecule has 218 valence electrons. The number of nitrogens with zero attached hydrogens (tertiary/aromatic N) is 2. The Morgan fingerprint density at radius 1 is 0.833 bits per heavy atom. The lowest BCUT2D eigenvalue weighted by Gasteiger charge is -2.34. The summed E-state index contributed by atoms with van der Waals surface area (Å²) in [6.45, 7) is 1.21. The number of nitrogens with one attached hydrogen (secondary N) is 1. The lowest BCUT2D eigenvalue weighted by molar-refractivity contribution is -0.139. The van der Waals surface area contributed by atoms with E-state index in [9.17, 15) is 18.0 Å². The molecule has 1 N–H and O–H groups in total. The Bertz CT molecular complexity index is 1650. The number of hydrogen-bond donors (Lipinski definition) is 1. The van der Waals surface area contributed by atoms with Crippen LogP contribution in [0.1, 0.15) is 16.7 Å². The minimum Gasteiger partial charge on any atom is -0.357 e. The SMILES string of the molecule is CNC(=O)C(Cc1ccccc1)N(Cc1ccccc1Cl)C(=O)CN(c1ccccc1C)S(=O)(=O)c1ccc(Cl)cc1. The number of benzene rings is 4. The first-order valence-corrected chi connectivity index (χ1v) is 15.4. The molecule has 0 heterocycles. The van der Waals surface area contributed by atoms with Gasteiger partial charge in [0, 0.05) is 30.1 Å². The molecule has 7 nitrogen and oxygen atoms in total. The molecular formula is C32H31Cl2N3O4S. The van der Waals surface area contributed by atoms with Gasteiger partial charge in [0.15, 0.2) is 0 Å². The summed E-state index contributed by atoms with van der Waals surface area (Å²) in [6.07, 6.45) is 0.213. The van der Waals surface area contributed by atoms with E-state index in [4.69, 9.17) is 23.2 Å². The average molecular weight is 625 g/mol. The Morgan fingerprint density at radius 3 is 2.10 bits per heavy atom. The fourth-order valence-corrected chi connectivity index (χ4v) is 6.42. The highest BCUT2D eigenvalue weighted by Gasteiger charge is 2.35. The van der Waals surface area contributed by atoms with Gasteiger partial charge in [0.05, 0.1) is 10.6 Å². The van der Waals surface area contributed by atoms with Crippen molar-refractivity contribution < 1.29 is 18.0 Å². The minimum absolute atomic E-state index is 0.00791. The molecule has 4 aromatic carbocycles. The zero-order chi connectivity index (χ0) is 30.3. The second kappa shape index (κ2) is 13.9. The lowest BCUT2D eigenvalue weighted by Crippen LogP contribution is -2.53. The van der Waals surface area contributed by atoms with Crippen molar-refractivity contribution >= 4 is 50.7 Å². The number of aryl methyl sites for hydroxylation is 1. The van der Waals surface area contributed by atoms with Crippen LogP contribution in [0.5, 0.6) is 0 Å². The predicted octanol–water partition coefficient (Wildman–Crippen LogP) is 5.88. The van der Waals surface area contributed by atoms with E-state index in [0.29, 0.717) is 26.9 Å². The number of hydrogen-bond acceptors (Lipinski definition) is 4. The summed E-state index contributed by atoms with van der Waals surface area (Å²) in [5.41, 5.74) is 2.47. The molecule has 0 bridgehead atoms. The molecule has 0 saturated heterocycles. The monoisotopic (exact) mass is 623 g/mol. The number of sulfonamides is 1. The van der Waals surface area contributed by atoms with Gasteiger partial charge in [-0.05, 0) is 60.0 Å². The second-order valence-electron chi connectivity index (χ2n) is 9.68. The van der Waals surface area contributed by atoms with E-state index in [1.807, 2.05) is 30.3 Å². The molecule has 0 aromatic heterocycles. The van der Waals surface area contributed by atoms with Crippen LogP contribution in [0, 0.1) is 6.92 Å². The molecule has 42 heavy (non-hydrogen) atoms. The van der Waals surface area contributed by atoms with Crippen molar-refractivity contribution in [2.24, 2.45) is 0 Å². The van der Waals surface area contributed by atoms with Gasteiger partial charge < -0.3 is 10.2 Å². The third-order valence-corrected chi connectivity index (χ3v) is 9.28. The minimum atomic E-state index is -4.21. The van der Waals surface area contributed by atoms with Gasteiger partial charge in [-0.15, -0.1) is 0 Å². The van der Waals surface area contributed by atoms with Crippen LogP contribution in [0.15, 0.2) is 108 Å². The maximum Gasteiger partial charge on any atom is 0.264 e. The number of para-hydroxylation sites is 1. The second-order valence-corrected chi connectivity index (χ2v) is 12.4. The van der Waals surface area contributed by atoms with E-state index < -0.39 is 28.5 Å². The summed E-state index contributed by atoms with van der Waals surface area (Å²) in [5.74, 6) is -0.956. The van der Waals surface area contributed by atoms with E-state index in [2.05, 4.69) is 5.32 Å². The maximum atomic E-state index is 14.3. The van der Waals surface area contributed by atoms with Gasteiger partial charge in [0.1, 0.15) is 12.6 Å². The van der Waals surface area contributed by atoms with E-state index in [1.54, 1.807) is 55.5 Å². The molecule has 1 atom stereocenters. The van der Waals surface area contributed by atoms with Crippen LogP contribution in [-0.4, -0.2) is 44.8 Å². The Kier molecular flexibility index (Phi) is 10.3. The Morgan fingerprint density at radius 2 is 1.45 bits per heavy atom. The van der Waals surface area contributed by atoms with Crippen molar-refractivity contribution in [3.63, 3.8) is 0 Å². The molecule has 4 aromatic rings. The highest BCUT2D eigenvalue weighted by Crippen LogP contribution is 2.28. The van der Waals surface area contributed by atoms with E-state index in [1.165, 1.54) is 36.2 Å². The maximum absolute atomic E-state index is 14.3. The van der Waals surface area contributed by atoms with Crippen LogP contribution >= 0.6 is 23.2 Å². The zero-order valence-electron chi connectivity index (χ0n) is 23.2. The van der Waals surface area contributed by atoms with Gasteiger partial charge in [-0.1, -0.05) is 89.9 Å². The fraction of sp³-hybridized carbons (Fsp3) is 0.188. The van der Waals surface area contributed by atoms with Crippen molar-refractivity contribution in [3.05, 3.63) is 130 Å². The first kappa shape index (κ1) is 31.1. The highest BCUT2D eigenvalue weighted by molar-refractivity contribution is 7.92. The first-order valence-electron chi connectivity index (χ1n) is 13.2. The van der Waals surface area contributed by atoms with E-state index in [-0.39, 0.29) is 23.8 Å². The van der Waals surface area contributed by atoms with Crippen molar-refractivity contribution in [2.45, 2.75) is 30.8 Å². The summed E-state index contributed by atoms with van der Waals surface area (Å²) in [4.78, 5) is 29.0. The fourth-order valence-electron chi connectivity index (χ4n) is 4.62. The van der Waals surface area contributed by atoms with E-state index >= 15 is 0 Å². The number of likely N-dealkylation sites (N-methyl/N-ethyl adjacent to an activating group) is 1. The van der Waals surface area contributed by atoms with Crippen molar-refractivity contribution in [3.8, 4) is 0 Å². The van der Waals surface area contributed by atoms with Gasteiger partial charge in [-0.2, -0.15) is 0 Å². The molecule has 4 rings (SSSR count). The average Bonchev–Trinajstić information content (AvgIpc) is 2.99. The Hall–Kier alpha value is -3.85. The number of carbonyl (C=O) groups is 2. The molecule has 10 heteroatoms. The molecule has 0 spiro atoms. The van der Waals surface area contributed by atoms with Crippen molar-refractivity contribution in [1.29, 1.82) is 0 Å². The summed E-state index contributed by atoms with van der Waals surface area (Å²) in [7, 11) is -2.71. The van der Waals surface area contributed by atoms with Crippen LogP contribution in [0.4, 0.5) is 5.69 Å². The summed E-state index contributed by atoms with van der Waals surface area (Å²) >= 11 is 12.5. The van der Waals surface area contributed by atoms with Gasteiger partial charge in [-0.3, -0.25) is 13.9 Å². The highest BCUT2D eigenvalue weighted by atomic mass is 35.5. The van der Waals surface area contributed by atoms with Gasteiger partial charge in [-0.25, -0.2) is 8.42 Å². The summed E-state index contributed by atoms with van der Waals surface area (Å²) < 4.78 is 29.1. The quantitative estimate of drug-likeness (QED) is 0.226. The Labute approximate surface area is 256 Å². The van der Waals surface area contributed by atoms with E-state index in [0.717, 1.165) is 9.87 Å². The third kappa shape index (κ3) is 7.31. The number of carbonyl (C=O) groups excluding carboxylic acids is 2. The molecule has 0 fully saturated rings. The van der Waals surface area contributed by atoms with Crippen LogP contribution in [0.2, 0.25) is 10.0 Å². The summed E-state index contributed by atoms with van der Waals surface area (Å²) in [5, 5.41) is 3.47. The molecule has 0 aliphatic rings. The smallest absolute Gasteiger partial charge is 0.264 e. The topological polar surface area (TPSA) is 86.8 Å². The van der Waals surface area contributed by atoms with Gasteiger partial charge in [0.25, 0.3) is 10.0 Å². The molecule has 0 aliphatic carbocycles. The largest absolute Gasteiger partial charge is 0.357 e. The predicted molar refractivity (Wildman–Crippen MR) is 167 cm³/mol. The summed E-state index contributed by atoms with van der Waals surface area (Å²) in [6, 6.07) is 28.1. The normalized spacial score (nSPS) is 11.9. The lowest BCUT2D eigenvalue weighted by atomic mass is 10.0. The van der Waals surface area contributed by atoms with Crippen LogP contribution in [0.25, 0.3) is 0 Å². The van der Waals surface area contributed by atoms with Crippen molar-refractivity contribution in [2.75, 3.05) is 17.9 Å². The van der Waals surface area contributed by atoms with Gasteiger partial charge in [0.2, 0.25) is 11.8 Å². The Balaban J connectivity index is 1.80. The third-order valence-electron chi connectivity index (χ3n) is 6.88. The van der Waals surface area contributed by atoms with Crippen LogP contribution < -0.4 is 9.62 Å². The number of anilines is 1. The molecular weight excluding hydrogens is 593 g/mol. The number of rotatable bonds is 11. The first-order chi connectivity index (χ1) is 20.1. The molecule has 0 saturated carbocycles. The molecule has 1 unspecified atom stereocenters. The number of amides is 2. The van der Waals surface area contributed by atoms with Crippen LogP contribution in [0.3, 0.4) is 0 Å². The zero-order valence-corrected chi connectivity index (χ0v) is 25.5. The van der Waals surface area contributed by atoms with Crippen molar-refractivity contribution in [1.82, 2.24) is 10.2 Å².